The lowest BCUT2D eigenvalue weighted by Gasteiger charge is -2.17. The van der Waals surface area contributed by atoms with Gasteiger partial charge in [-0.3, -0.25) is 4.79 Å². The van der Waals surface area contributed by atoms with Crippen LogP contribution in [0.15, 0.2) is 0 Å². The number of ether oxygens (including phenoxy) is 1. The highest BCUT2D eigenvalue weighted by Crippen LogP contribution is 2.22. The molecule has 0 bridgehead atoms. The minimum atomic E-state index is -0.541. The summed E-state index contributed by atoms with van der Waals surface area (Å²) >= 11 is 0. The van der Waals surface area contributed by atoms with Crippen LogP contribution in [0.3, 0.4) is 0 Å². The lowest BCUT2D eigenvalue weighted by atomic mass is 9.99. The van der Waals surface area contributed by atoms with Crippen LogP contribution in [0.25, 0.3) is 0 Å². The molecule has 1 aliphatic rings. The van der Waals surface area contributed by atoms with Crippen molar-refractivity contribution in [3.63, 3.8) is 0 Å². The number of amides is 1. The van der Waals surface area contributed by atoms with E-state index in [4.69, 9.17) is 0 Å². The van der Waals surface area contributed by atoms with Crippen LogP contribution in [0.2, 0.25) is 0 Å². The predicted octanol–water partition coefficient (Wildman–Crippen LogP) is 1.63. The highest BCUT2D eigenvalue weighted by atomic mass is 16.5. The predicted molar refractivity (Wildman–Crippen MR) is 60.8 cm³/mol. The Morgan fingerprint density at radius 2 is 1.75 bits per heavy atom. The minimum absolute atomic E-state index is 0.000185. The topological polar surface area (TPSA) is 55.4 Å². The molecule has 92 valence electrons. The zero-order valence-corrected chi connectivity index (χ0v) is 10.1. The SMILES string of the molecule is COC(=O)C(C)NC(=O)C1CCCCCC1. The number of carbonyl (C=O) groups excluding carboxylic acids is 2. The molecule has 1 fully saturated rings. The molecule has 1 amide bonds. The van der Waals surface area contributed by atoms with E-state index in [1.54, 1.807) is 6.92 Å². The average Bonchev–Trinajstić information content (AvgIpc) is 2.56. The number of nitrogens with one attached hydrogen (secondary N) is 1. The fraction of sp³-hybridized carbons (Fsp3) is 0.833. The molecule has 1 unspecified atom stereocenters. The molecule has 0 radical (unpaired) electrons. The minimum Gasteiger partial charge on any atom is -0.467 e. The molecule has 0 aromatic heterocycles. The first-order valence-corrected chi connectivity index (χ1v) is 6.03. The van der Waals surface area contributed by atoms with E-state index in [-0.39, 0.29) is 17.8 Å². The van der Waals surface area contributed by atoms with Gasteiger partial charge in [-0.1, -0.05) is 25.7 Å². The second kappa shape index (κ2) is 6.51. The van der Waals surface area contributed by atoms with Crippen molar-refractivity contribution in [3.05, 3.63) is 0 Å². The van der Waals surface area contributed by atoms with Gasteiger partial charge in [0.2, 0.25) is 5.91 Å². The molecule has 1 atom stereocenters. The van der Waals surface area contributed by atoms with Crippen LogP contribution in [0.5, 0.6) is 0 Å². The molecule has 1 saturated carbocycles. The van der Waals surface area contributed by atoms with Crippen LogP contribution in [0, 0.1) is 5.92 Å². The van der Waals surface area contributed by atoms with E-state index in [0.29, 0.717) is 0 Å². The highest BCUT2D eigenvalue weighted by molar-refractivity contribution is 5.85. The number of hydrogen-bond donors (Lipinski definition) is 1. The molecule has 0 heterocycles. The summed E-state index contributed by atoms with van der Waals surface area (Å²) in [4.78, 5) is 23.0. The van der Waals surface area contributed by atoms with Gasteiger partial charge in [-0.15, -0.1) is 0 Å². The van der Waals surface area contributed by atoms with Crippen molar-refractivity contribution in [2.24, 2.45) is 5.92 Å². The van der Waals surface area contributed by atoms with E-state index in [2.05, 4.69) is 10.1 Å². The Morgan fingerprint density at radius 1 is 1.19 bits per heavy atom. The molecule has 0 spiro atoms. The van der Waals surface area contributed by atoms with Crippen molar-refractivity contribution in [3.8, 4) is 0 Å². The first kappa shape index (κ1) is 13.0. The van der Waals surface area contributed by atoms with Crippen molar-refractivity contribution < 1.29 is 14.3 Å². The third-order valence-corrected chi connectivity index (χ3v) is 3.14. The van der Waals surface area contributed by atoms with E-state index >= 15 is 0 Å². The average molecular weight is 227 g/mol. The summed E-state index contributed by atoms with van der Waals surface area (Å²) in [6.45, 7) is 1.65. The molecular formula is C12H21NO3. The third kappa shape index (κ3) is 3.83. The Hall–Kier alpha value is -1.06. The fourth-order valence-electron chi connectivity index (χ4n) is 2.11. The molecule has 1 N–H and O–H groups in total. The molecule has 0 saturated heterocycles. The first-order chi connectivity index (χ1) is 7.65. The van der Waals surface area contributed by atoms with Gasteiger partial charge in [0.1, 0.15) is 6.04 Å². The van der Waals surface area contributed by atoms with Crippen molar-refractivity contribution >= 4 is 11.9 Å². The van der Waals surface area contributed by atoms with E-state index < -0.39 is 6.04 Å². The molecule has 1 aliphatic carbocycles. The first-order valence-electron chi connectivity index (χ1n) is 6.03. The van der Waals surface area contributed by atoms with Gasteiger partial charge in [-0.25, -0.2) is 4.79 Å². The van der Waals surface area contributed by atoms with Crippen LogP contribution >= 0.6 is 0 Å². The highest BCUT2D eigenvalue weighted by Gasteiger charge is 2.23. The van der Waals surface area contributed by atoms with Crippen LogP contribution in [-0.4, -0.2) is 25.0 Å². The summed E-state index contributed by atoms with van der Waals surface area (Å²) in [7, 11) is 1.33. The Morgan fingerprint density at radius 3 is 2.25 bits per heavy atom. The zero-order chi connectivity index (χ0) is 12.0. The number of methoxy groups -OCH3 is 1. The maximum absolute atomic E-state index is 11.9. The van der Waals surface area contributed by atoms with Crippen LogP contribution in [0.1, 0.15) is 45.4 Å². The van der Waals surface area contributed by atoms with Gasteiger partial charge in [-0.2, -0.15) is 0 Å². The zero-order valence-electron chi connectivity index (χ0n) is 10.1. The van der Waals surface area contributed by atoms with Crippen LogP contribution < -0.4 is 5.32 Å². The smallest absolute Gasteiger partial charge is 0.328 e. The van der Waals surface area contributed by atoms with E-state index in [0.717, 1.165) is 25.7 Å². The standard InChI is InChI=1S/C12H21NO3/c1-9(12(15)16-2)13-11(14)10-7-5-3-4-6-8-10/h9-10H,3-8H2,1-2H3,(H,13,14). The van der Waals surface area contributed by atoms with E-state index in [1.165, 1.54) is 20.0 Å². The van der Waals surface area contributed by atoms with Gasteiger partial charge in [0.25, 0.3) is 0 Å². The van der Waals surface area contributed by atoms with Crippen molar-refractivity contribution in [1.29, 1.82) is 0 Å². The molecule has 4 nitrogen and oxygen atoms in total. The van der Waals surface area contributed by atoms with Gasteiger partial charge in [0.15, 0.2) is 0 Å². The Balaban J connectivity index is 2.41. The summed E-state index contributed by atoms with van der Waals surface area (Å²) < 4.78 is 4.57. The normalized spacial score (nSPS) is 19.6. The molecule has 16 heavy (non-hydrogen) atoms. The lowest BCUT2D eigenvalue weighted by molar-refractivity contribution is -0.145. The summed E-state index contributed by atoms with van der Waals surface area (Å²) in [5.74, 6) is -0.309. The van der Waals surface area contributed by atoms with Crippen LogP contribution in [-0.2, 0) is 14.3 Å². The molecular weight excluding hydrogens is 206 g/mol. The maximum atomic E-state index is 11.9. The number of carbonyl (C=O) groups is 2. The summed E-state index contributed by atoms with van der Waals surface area (Å²) in [6, 6.07) is -0.541. The monoisotopic (exact) mass is 227 g/mol. The summed E-state index contributed by atoms with van der Waals surface area (Å²) in [5, 5.41) is 2.71. The Labute approximate surface area is 96.7 Å². The largest absolute Gasteiger partial charge is 0.467 e. The summed E-state index contributed by atoms with van der Waals surface area (Å²) in [6.07, 6.45) is 6.56. The lowest BCUT2D eigenvalue weighted by Crippen LogP contribution is -2.42. The third-order valence-electron chi connectivity index (χ3n) is 3.14. The Bertz CT molecular complexity index is 245. The number of esters is 1. The van der Waals surface area contributed by atoms with Crippen LogP contribution in [0.4, 0.5) is 0 Å². The molecule has 1 rings (SSSR count). The number of rotatable bonds is 3. The fourth-order valence-corrected chi connectivity index (χ4v) is 2.11. The van der Waals surface area contributed by atoms with Crippen molar-refractivity contribution in [1.82, 2.24) is 5.32 Å². The summed E-state index contributed by atoms with van der Waals surface area (Å²) in [5.41, 5.74) is 0. The molecule has 4 heteroatoms. The molecule has 0 aromatic rings. The number of hydrogen-bond acceptors (Lipinski definition) is 3. The van der Waals surface area contributed by atoms with Gasteiger partial charge < -0.3 is 10.1 Å². The van der Waals surface area contributed by atoms with E-state index in [1.807, 2.05) is 0 Å². The quantitative estimate of drug-likeness (QED) is 0.589. The van der Waals surface area contributed by atoms with Crippen molar-refractivity contribution in [2.75, 3.05) is 7.11 Å². The van der Waals surface area contributed by atoms with Gasteiger partial charge in [0.05, 0.1) is 7.11 Å². The Kier molecular flexibility index (Phi) is 5.29. The molecule has 0 aliphatic heterocycles. The molecule has 0 aromatic carbocycles. The van der Waals surface area contributed by atoms with Gasteiger partial charge in [0, 0.05) is 5.92 Å². The maximum Gasteiger partial charge on any atom is 0.328 e. The van der Waals surface area contributed by atoms with Crippen molar-refractivity contribution in [2.45, 2.75) is 51.5 Å². The second-order valence-electron chi connectivity index (χ2n) is 4.44. The van der Waals surface area contributed by atoms with Gasteiger partial charge >= 0.3 is 5.97 Å². The van der Waals surface area contributed by atoms with E-state index in [9.17, 15) is 9.59 Å². The second-order valence-corrected chi connectivity index (χ2v) is 4.44. The van der Waals surface area contributed by atoms with Gasteiger partial charge in [-0.05, 0) is 19.8 Å².